The summed E-state index contributed by atoms with van der Waals surface area (Å²) >= 11 is -4.47. The van der Waals surface area contributed by atoms with Crippen molar-refractivity contribution in [3.63, 3.8) is 0 Å². The molecular formula is C8H10O4S2. The van der Waals surface area contributed by atoms with Crippen LogP contribution in [0, 0.1) is 13.8 Å². The fourth-order valence-electron chi connectivity index (χ4n) is 1.04. The van der Waals surface area contributed by atoms with Gasteiger partial charge in [-0.15, -0.1) is 0 Å². The van der Waals surface area contributed by atoms with Crippen molar-refractivity contribution >= 4 is 22.2 Å². The van der Waals surface area contributed by atoms with Crippen LogP contribution in [0.15, 0.2) is 21.9 Å². The molecule has 0 amide bonds. The van der Waals surface area contributed by atoms with E-state index in [0.29, 0.717) is 0 Å². The maximum atomic E-state index is 10.9. The third kappa shape index (κ3) is 2.27. The van der Waals surface area contributed by atoms with E-state index in [1.165, 1.54) is 12.1 Å². The summed E-state index contributed by atoms with van der Waals surface area (Å²) < 4.78 is 39.5. The number of hydrogen-bond donors (Lipinski definition) is 2. The minimum Gasteiger partial charge on any atom is -0.302 e. The van der Waals surface area contributed by atoms with Crippen LogP contribution in [0.4, 0.5) is 0 Å². The summed E-state index contributed by atoms with van der Waals surface area (Å²) in [7, 11) is 0. The first-order chi connectivity index (χ1) is 6.43. The molecule has 78 valence electrons. The van der Waals surface area contributed by atoms with Crippen LogP contribution in [0.25, 0.3) is 0 Å². The van der Waals surface area contributed by atoms with Crippen LogP contribution in [-0.2, 0) is 22.2 Å². The predicted molar refractivity (Wildman–Crippen MR) is 54.0 cm³/mol. The van der Waals surface area contributed by atoms with Gasteiger partial charge in [0.2, 0.25) is 0 Å². The molecule has 2 atom stereocenters. The quantitative estimate of drug-likeness (QED) is 0.760. The van der Waals surface area contributed by atoms with Crippen LogP contribution < -0.4 is 0 Å². The molecule has 6 heteroatoms. The Balaban J connectivity index is 3.46. The average Bonchev–Trinajstić information content (AvgIpc) is 2.08. The Bertz CT molecular complexity index is 375. The van der Waals surface area contributed by atoms with Crippen molar-refractivity contribution in [2.45, 2.75) is 23.6 Å². The number of aryl methyl sites for hydroxylation is 2. The van der Waals surface area contributed by atoms with Gasteiger partial charge >= 0.3 is 0 Å². The van der Waals surface area contributed by atoms with Crippen molar-refractivity contribution in [3.05, 3.63) is 23.3 Å². The van der Waals surface area contributed by atoms with Crippen molar-refractivity contribution < 1.29 is 17.5 Å². The van der Waals surface area contributed by atoms with E-state index in [-0.39, 0.29) is 9.79 Å². The number of rotatable bonds is 2. The van der Waals surface area contributed by atoms with Crippen molar-refractivity contribution in [1.29, 1.82) is 0 Å². The number of benzene rings is 1. The zero-order valence-electron chi connectivity index (χ0n) is 7.68. The zero-order valence-corrected chi connectivity index (χ0v) is 9.32. The minimum atomic E-state index is -2.23. The van der Waals surface area contributed by atoms with Gasteiger partial charge in [0.05, 0.1) is 9.79 Å². The lowest BCUT2D eigenvalue weighted by atomic mass is 10.1. The maximum absolute atomic E-state index is 10.9. The van der Waals surface area contributed by atoms with E-state index in [0.717, 1.165) is 11.1 Å². The van der Waals surface area contributed by atoms with Gasteiger partial charge in [-0.3, -0.25) is 0 Å². The van der Waals surface area contributed by atoms with Crippen molar-refractivity contribution in [3.8, 4) is 0 Å². The second-order valence-electron chi connectivity index (χ2n) is 2.88. The van der Waals surface area contributed by atoms with E-state index >= 15 is 0 Å². The molecule has 0 saturated carbocycles. The van der Waals surface area contributed by atoms with Crippen molar-refractivity contribution in [1.82, 2.24) is 0 Å². The molecule has 0 radical (unpaired) electrons. The van der Waals surface area contributed by atoms with E-state index in [2.05, 4.69) is 0 Å². The monoisotopic (exact) mass is 234 g/mol. The molecule has 4 nitrogen and oxygen atoms in total. The van der Waals surface area contributed by atoms with Gasteiger partial charge in [0.15, 0.2) is 22.2 Å². The third-order valence-electron chi connectivity index (χ3n) is 1.94. The molecule has 0 aromatic heterocycles. The van der Waals surface area contributed by atoms with Gasteiger partial charge in [0.25, 0.3) is 0 Å². The molecule has 0 bridgehead atoms. The van der Waals surface area contributed by atoms with E-state index in [9.17, 15) is 8.42 Å². The Kier molecular flexibility index (Phi) is 3.54. The van der Waals surface area contributed by atoms with Crippen LogP contribution in [0.3, 0.4) is 0 Å². The highest BCUT2D eigenvalue weighted by molar-refractivity contribution is 7.82. The number of hydrogen-bond acceptors (Lipinski definition) is 2. The van der Waals surface area contributed by atoms with Gasteiger partial charge in [-0.1, -0.05) is 0 Å². The van der Waals surface area contributed by atoms with Gasteiger partial charge < -0.3 is 9.11 Å². The van der Waals surface area contributed by atoms with Crippen molar-refractivity contribution in [2.24, 2.45) is 0 Å². The molecule has 0 aliphatic rings. The Hall–Kier alpha value is -0.560. The molecule has 14 heavy (non-hydrogen) atoms. The van der Waals surface area contributed by atoms with Gasteiger partial charge in [-0.05, 0) is 37.1 Å². The maximum Gasteiger partial charge on any atom is 0.187 e. The smallest absolute Gasteiger partial charge is 0.187 e. The van der Waals surface area contributed by atoms with E-state index < -0.39 is 22.2 Å². The lowest BCUT2D eigenvalue weighted by Gasteiger charge is -2.06. The summed E-state index contributed by atoms with van der Waals surface area (Å²) in [5.41, 5.74) is 1.63. The molecule has 0 saturated heterocycles. The first-order valence-corrected chi connectivity index (χ1v) is 5.97. The molecule has 2 N–H and O–H groups in total. The Morgan fingerprint density at radius 1 is 0.929 bits per heavy atom. The van der Waals surface area contributed by atoms with Crippen LogP contribution in [0.1, 0.15) is 11.1 Å². The van der Waals surface area contributed by atoms with Crippen molar-refractivity contribution in [2.75, 3.05) is 0 Å². The van der Waals surface area contributed by atoms with Crippen LogP contribution in [0.2, 0.25) is 0 Å². The van der Waals surface area contributed by atoms with Gasteiger partial charge in [0, 0.05) is 0 Å². The Morgan fingerprint density at radius 3 is 1.43 bits per heavy atom. The summed E-state index contributed by atoms with van der Waals surface area (Å²) in [6, 6.07) is 2.91. The van der Waals surface area contributed by atoms with E-state index in [1.54, 1.807) is 13.8 Å². The molecule has 1 rings (SSSR count). The third-order valence-corrected chi connectivity index (χ3v) is 3.49. The minimum absolute atomic E-state index is 0.00562. The molecular weight excluding hydrogens is 224 g/mol. The summed E-state index contributed by atoms with van der Waals surface area (Å²) in [5, 5.41) is 0. The molecule has 2 unspecified atom stereocenters. The molecule has 1 aromatic rings. The lowest BCUT2D eigenvalue weighted by Crippen LogP contribution is -2.00. The van der Waals surface area contributed by atoms with E-state index in [1.807, 2.05) is 0 Å². The van der Waals surface area contributed by atoms with Crippen LogP contribution in [-0.4, -0.2) is 17.5 Å². The van der Waals surface area contributed by atoms with Gasteiger partial charge in [0.1, 0.15) is 0 Å². The van der Waals surface area contributed by atoms with Gasteiger partial charge in [-0.25, -0.2) is 8.42 Å². The summed E-state index contributed by atoms with van der Waals surface area (Å²) in [5.74, 6) is 0. The van der Waals surface area contributed by atoms with Crippen LogP contribution >= 0.6 is 0 Å². The fraction of sp³-hybridized carbons (Fsp3) is 0.250. The molecule has 0 fully saturated rings. The van der Waals surface area contributed by atoms with Crippen LogP contribution in [0.5, 0.6) is 0 Å². The molecule has 0 aliphatic carbocycles. The van der Waals surface area contributed by atoms with E-state index in [4.69, 9.17) is 9.11 Å². The average molecular weight is 234 g/mol. The second-order valence-corrected chi connectivity index (χ2v) is 4.76. The highest BCUT2D eigenvalue weighted by atomic mass is 32.2. The molecule has 1 aromatic carbocycles. The molecule has 0 spiro atoms. The Labute approximate surface area is 86.9 Å². The molecule has 0 heterocycles. The standard InChI is InChI=1S/C8H10O4S2/c1-5-3-7(13(9)10)8(14(11)12)4-6(5)2/h3-4H,1-2H3,(H,9,10)(H,11,12). The van der Waals surface area contributed by atoms with Gasteiger partial charge in [-0.2, -0.15) is 0 Å². The normalized spacial score (nSPS) is 15.1. The second kappa shape index (κ2) is 4.31. The summed E-state index contributed by atoms with van der Waals surface area (Å²) in [4.78, 5) is -0.0112. The highest BCUT2D eigenvalue weighted by Gasteiger charge is 2.14. The summed E-state index contributed by atoms with van der Waals surface area (Å²) in [6.07, 6.45) is 0. The zero-order chi connectivity index (χ0) is 10.9. The largest absolute Gasteiger partial charge is 0.302 e. The Morgan fingerprint density at radius 2 is 1.21 bits per heavy atom. The SMILES string of the molecule is Cc1cc(S(=O)O)c(S(=O)O)cc1C. The topological polar surface area (TPSA) is 74.6 Å². The first kappa shape index (κ1) is 11.5. The molecule has 0 aliphatic heterocycles. The first-order valence-electron chi connectivity index (χ1n) is 3.76. The fourth-order valence-corrected chi connectivity index (χ4v) is 2.48. The predicted octanol–water partition coefficient (Wildman–Crippen LogP) is 1.46. The lowest BCUT2D eigenvalue weighted by molar-refractivity contribution is 0.549. The summed E-state index contributed by atoms with van der Waals surface area (Å²) in [6.45, 7) is 3.55. The highest BCUT2D eigenvalue weighted by Crippen LogP contribution is 2.21.